The second-order valence-electron chi connectivity index (χ2n) is 17.7. The van der Waals surface area contributed by atoms with Gasteiger partial charge in [0.05, 0.1) is 39.8 Å². The average molecular weight is 878 g/mol. The number of nitrogens with one attached hydrogen (secondary N) is 2. The molecule has 12 nitrogen and oxygen atoms in total. The highest BCUT2D eigenvalue weighted by Gasteiger charge is 2.67. The number of aliphatic hydroxyl groups excluding tert-OH is 2. The van der Waals surface area contributed by atoms with Crippen LogP contribution in [-0.4, -0.2) is 80.2 Å². The maximum Gasteiger partial charge on any atom is 0.346 e. The molecule has 2 saturated heterocycles. The molecule has 2 bridgehead atoms. The van der Waals surface area contributed by atoms with Crippen LogP contribution in [0.5, 0.6) is 0 Å². The molecule has 4 aliphatic carbocycles. The molecule has 59 heavy (non-hydrogen) atoms. The average Bonchev–Trinajstić information content (AvgIpc) is 3.60. The Morgan fingerprint density at radius 2 is 1.81 bits per heavy atom. The lowest BCUT2D eigenvalue weighted by molar-refractivity contribution is -0.258. The predicted octanol–water partition coefficient (Wildman–Crippen LogP) is 8.45. The van der Waals surface area contributed by atoms with Gasteiger partial charge < -0.3 is 39.8 Å². The molecule has 7 rings (SSSR count). The molecule has 2 aliphatic heterocycles. The van der Waals surface area contributed by atoms with Gasteiger partial charge >= 0.3 is 11.9 Å². The van der Waals surface area contributed by atoms with Crippen LogP contribution >= 0.6 is 34.8 Å². The molecule has 0 radical (unpaired) electrons. The Morgan fingerprint density at radius 3 is 2.46 bits per heavy atom. The highest BCUT2D eigenvalue weighted by Crippen LogP contribution is 2.61. The lowest BCUT2D eigenvalue weighted by atomic mass is 9.50. The smallest absolute Gasteiger partial charge is 0.346 e. The summed E-state index contributed by atoms with van der Waals surface area (Å²) in [6.45, 7) is 9.43. The van der Waals surface area contributed by atoms with Crippen molar-refractivity contribution in [1.29, 1.82) is 0 Å². The first-order valence-electron chi connectivity index (χ1n) is 21.0. The number of allylic oxidation sites excluding steroid dienone is 3. The number of fused-ring (bicyclic) bond motifs is 4. The van der Waals surface area contributed by atoms with Gasteiger partial charge in [0.1, 0.15) is 22.2 Å². The van der Waals surface area contributed by atoms with Gasteiger partial charge in [0.25, 0.3) is 5.91 Å². The largest absolute Gasteiger partial charge is 0.511 e. The van der Waals surface area contributed by atoms with Crippen LogP contribution in [0.25, 0.3) is 0 Å². The fraction of sp³-hybridized carbons (Fsp3) is 0.636. The number of esters is 1. The molecule has 3 heterocycles. The second-order valence-corrected chi connectivity index (χ2v) is 18.8. The Kier molecular flexibility index (Phi) is 12.4. The first-order valence-corrected chi connectivity index (χ1v) is 22.1. The molecule has 0 unspecified atom stereocenters. The van der Waals surface area contributed by atoms with E-state index in [1.807, 2.05) is 26.0 Å². The lowest BCUT2D eigenvalue weighted by Crippen LogP contribution is -2.58. The third-order valence-electron chi connectivity index (χ3n) is 14.6. The zero-order valence-electron chi connectivity index (χ0n) is 34.1. The van der Waals surface area contributed by atoms with Gasteiger partial charge in [-0.1, -0.05) is 92.4 Å². The van der Waals surface area contributed by atoms with Gasteiger partial charge in [-0.2, -0.15) is 0 Å². The Labute approximate surface area is 359 Å². The minimum absolute atomic E-state index is 0.00955. The Balaban J connectivity index is 1.21. The Bertz CT molecular complexity index is 2000. The highest BCUT2D eigenvalue weighted by molar-refractivity contribution is 6.49. The minimum atomic E-state index is -1.72. The number of amides is 1. The number of Topliss-reactive ketones (excluding diaryl/α,β-unsaturated/α-hetero) is 1. The van der Waals surface area contributed by atoms with Crippen molar-refractivity contribution in [2.24, 2.45) is 40.4 Å². The van der Waals surface area contributed by atoms with Crippen molar-refractivity contribution in [3.63, 3.8) is 0 Å². The number of H-pyrrole nitrogens is 1. The third-order valence-corrected chi connectivity index (χ3v) is 15.8. The number of aliphatic hydroxyl groups is 2. The summed E-state index contributed by atoms with van der Waals surface area (Å²) >= 11 is 18.3. The van der Waals surface area contributed by atoms with Crippen LogP contribution < -0.4 is 5.32 Å². The second kappa shape index (κ2) is 16.6. The quantitative estimate of drug-likeness (QED) is 0.101. The summed E-state index contributed by atoms with van der Waals surface area (Å²) in [5.41, 5.74) is -4.18. The van der Waals surface area contributed by atoms with Crippen molar-refractivity contribution < 1.29 is 48.7 Å². The van der Waals surface area contributed by atoms with E-state index < -0.39 is 76.6 Å². The number of aromatic amines is 1. The van der Waals surface area contributed by atoms with Crippen LogP contribution in [0.4, 0.5) is 0 Å². The summed E-state index contributed by atoms with van der Waals surface area (Å²) in [5.74, 6) is -4.60. The van der Waals surface area contributed by atoms with Crippen molar-refractivity contribution in [1.82, 2.24) is 10.3 Å². The van der Waals surface area contributed by atoms with Crippen molar-refractivity contribution in [2.75, 3.05) is 0 Å². The highest BCUT2D eigenvalue weighted by atomic mass is 35.5. The number of carbonyl (C=O) groups is 4. The van der Waals surface area contributed by atoms with Crippen molar-refractivity contribution >= 4 is 58.4 Å². The summed E-state index contributed by atoms with van der Waals surface area (Å²) in [7, 11) is 0. The van der Waals surface area contributed by atoms with Gasteiger partial charge in [0, 0.05) is 29.7 Å². The number of carbonyl (C=O) groups excluding carboxylic acids is 3. The van der Waals surface area contributed by atoms with Crippen LogP contribution in [0.1, 0.15) is 109 Å². The third kappa shape index (κ3) is 7.21. The number of carboxylic acids is 1. The minimum Gasteiger partial charge on any atom is -0.511 e. The summed E-state index contributed by atoms with van der Waals surface area (Å²) < 4.78 is 19.3. The van der Waals surface area contributed by atoms with Crippen LogP contribution in [0.3, 0.4) is 0 Å². The Morgan fingerprint density at radius 1 is 1.07 bits per heavy atom. The van der Waals surface area contributed by atoms with E-state index in [2.05, 4.69) is 29.4 Å². The summed E-state index contributed by atoms with van der Waals surface area (Å²) in [5, 5.41) is 37.1. The van der Waals surface area contributed by atoms with E-state index in [4.69, 9.17) is 49.0 Å². The molecule has 1 aromatic heterocycles. The molecular formula is C44H55Cl3N2O10. The van der Waals surface area contributed by atoms with E-state index in [9.17, 15) is 29.7 Å². The Hall–Kier alpha value is -3.13. The van der Waals surface area contributed by atoms with Gasteiger partial charge in [0.2, 0.25) is 5.78 Å². The molecule has 6 aliphatic rings. The number of ketones is 1. The van der Waals surface area contributed by atoms with Gasteiger partial charge in [-0.3, -0.25) is 9.59 Å². The normalized spacial score (nSPS) is 39.8. The summed E-state index contributed by atoms with van der Waals surface area (Å²) in [4.78, 5) is 57.5. The van der Waals surface area contributed by atoms with E-state index in [1.165, 1.54) is 0 Å². The maximum absolute atomic E-state index is 15.1. The van der Waals surface area contributed by atoms with E-state index in [-0.39, 0.29) is 74.3 Å². The standard InChI is InChI=1S/C44H55Cl3N2O10/c1-6-23-19-44-37(52)30(41(56)59-44)36(51)43(7-2)24(12-10-8-9-11-17-42(44,5)20-26(23)40(54)55)14-15-25-27(43)16-13-21(3)35(25)58-29-18-28(50)33(22(4)57-29)49-39(53)34-31(45)32(46)38(47)48-34/h11,14-15,17,20-25,27-29,33,35,48,50-51H,6-10,12-13,16,18-19H2,1-5H3,(H,49,53)(H,54,55)/t21-,22+,23-,24+,25+,27-,28+,29-,33+,35-,42-,43+,44+/m0/s1. The van der Waals surface area contributed by atoms with Crippen LogP contribution in [0.15, 0.2) is 47.3 Å². The molecular weight excluding hydrogens is 823 g/mol. The van der Waals surface area contributed by atoms with E-state index in [0.29, 0.717) is 32.1 Å². The number of aliphatic carboxylic acids is 1. The van der Waals surface area contributed by atoms with E-state index >= 15 is 4.79 Å². The number of rotatable bonds is 7. The first kappa shape index (κ1) is 43.9. The fourth-order valence-corrected chi connectivity index (χ4v) is 12.0. The summed E-state index contributed by atoms with van der Waals surface area (Å²) in [6.07, 6.45) is 12.1. The fourth-order valence-electron chi connectivity index (χ4n) is 11.3. The number of hydrogen-bond acceptors (Lipinski definition) is 9. The molecule has 0 aromatic carbocycles. The number of aromatic nitrogens is 1. The summed E-state index contributed by atoms with van der Waals surface area (Å²) in [6, 6.07) is -0.800. The first-order chi connectivity index (χ1) is 27.9. The van der Waals surface area contributed by atoms with Crippen molar-refractivity contribution in [3.05, 3.63) is 68.2 Å². The SMILES string of the molecule is CC[C@H]1C[C@]23OC(=O)C(=C(O)[C@]4(CC)[C@@H](C=C[C@H]5[C@@H](O[C@H]6C[C@@H](O)[C@H](NC(=O)c7[nH]c(Cl)c(Cl)c7Cl)[C@@H](C)O6)[C@@H](C)CC[C@@H]54)CCCCC=C[C@@]2(C)C=C1C(=O)O)C3=O. The van der Waals surface area contributed by atoms with Crippen molar-refractivity contribution in [3.8, 4) is 0 Å². The van der Waals surface area contributed by atoms with Crippen LogP contribution in [0.2, 0.25) is 15.2 Å². The molecule has 1 amide bonds. The topological polar surface area (TPSA) is 184 Å². The lowest BCUT2D eigenvalue weighted by Gasteiger charge is -2.55. The van der Waals surface area contributed by atoms with E-state index in [0.717, 1.165) is 19.3 Å². The zero-order chi connectivity index (χ0) is 42.8. The molecule has 15 heteroatoms. The molecule has 5 N–H and O–H groups in total. The molecule has 322 valence electrons. The van der Waals surface area contributed by atoms with Gasteiger partial charge in [0.15, 0.2) is 11.9 Å². The maximum atomic E-state index is 15.1. The van der Waals surface area contributed by atoms with Crippen molar-refractivity contribution in [2.45, 2.75) is 135 Å². The van der Waals surface area contributed by atoms with Gasteiger partial charge in [-0.15, -0.1) is 0 Å². The zero-order valence-corrected chi connectivity index (χ0v) is 36.3. The molecule has 1 saturated carbocycles. The number of carboxylic acid groups (broad SMARTS) is 1. The molecule has 13 atom stereocenters. The van der Waals surface area contributed by atoms with Gasteiger partial charge in [-0.25, -0.2) is 9.59 Å². The van der Waals surface area contributed by atoms with Gasteiger partial charge in [-0.05, 0) is 82.5 Å². The monoisotopic (exact) mass is 876 g/mol. The number of hydrogen-bond donors (Lipinski definition) is 5. The van der Waals surface area contributed by atoms with Crippen LogP contribution in [-0.2, 0) is 28.6 Å². The molecule has 1 aromatic rings. The number of halogens is 3. The predicted molar refractivity (Wildman–Crippen MR) is 221 cm³/mol. The number of ether oxygens (including phenoxy) is 3. The van der Waals surface area contributed by atoms with E-state index in [1.54, 1.807) is 19.9 Å². The van der Waals surface area contributed by atoms with Crippen LogP contribution in [0, 0.1) is 40.4 Å². The molecule has 1 spiro atoms. The molecule has 3 fully saturated rings.